The highest BCUT2D eigenvalue weighted by Gasteiger charge is 2.25. The Labute approximate surface area is 188 Å². The van der Waals surface area contributed by atoms with E-state index in [0.717, 1.165) is 11.7 Å². The molecule has 1 fully saturated rings. The van der Waals surface area contributed by atoms with E-state index < -0.39 is 0 Å². The summed E-state index contributed by atoms with van der Waals surface area (Å²) in [6.07, 6.45) is 1.57. The first-order chi connectivity index (χ1) is 15.5. The van der Waals surface area contributed by atoms with Gasteiger partial charge in [-0.1, -0.05) is 12.1 Å². The van der Waals surface area contributed by atoms with E-state index in [1.165, 1.54) is 6.92 Å². The largest absolute Gasteiger partial charge is 0.468 e. The van der Waals surface area contributed by atoms with Gasteiger partial charge in [0.15, 0.2) is 5.78 Å². The van der Waals surface area contributed by atoms with Crippen LogP contribution in [0.2, 0.25) is 0 Å². The second-order valence-corrected chi connectivity index (χ2v) is 7.66. The Hall–Kier alpha value is -3.80. The van der Waals surface area contributed by atoms with Gasteiger partial charge in [-0.2, -0.15) is 4.37 Å². The number of ether oxygens (including phenoxy) is 1. The Balaban J connectivity index is 1.32. The Kier molecular flexibility index (Phi) is 6.40. The lowest BCUT2D eigenvalue weighted by molar-refractivity contribution is 0.101. The van der Waals surface area contributed by atoms with Crippen molar-refractivity contribution in [2.45, 2.75) is 13.5 Å². The summed E-state index contributed by atoms with van der Waals surface area (Å²) in [5.74, 6) is 1.20. The third kappa shape index (κ3) is 5.09. The van der Waals surface area contributed by atoms with Crippen LogP contribution >= 0.6 is 11.7 Å². The summed E-state index contributed by atoms with van der Waals surface area (Å²) >= 11 is 1.07. The average molecular weight is 455 g/mol. The Morgan fingerprint density at radius 3 is 2.75 bits per heavy atom. The summed E-state index contributed by atoms with van der Waals surface area (Å²) in [6, 6.07) is 8.41. The zero-order valence-electron chi connectivity index (χ0n) is 17.4. The highest BCUT2D eigenvalue weighted by atomic mass is 32.1. The number of rotatable bonds is 6. The van der Waals surface area contributed by atoms with Gasteiger partial charge in [-0.3, -0.25) is 4.79 Å². The number of carbonyl (C=O) groups excluding carboxylic acids is 2. The van der Waals surface area contributed by atoms with Crippen LogP contribution in [-0.2, 0) is 6.61 Å². The molecule has 0 bridgehead atoms. The molecule has 2 amide bonds. The number of hydrogen-bond acceptors (Lipinski definition) is 10. The molecule has 12 heteroatoms. The van der Waals surface area contributed by atoms with Crippen LogP contribution < -0.4 is 20.7 Å². The number of carbonyl (C=O) groups is 2. The second-order valence-electron chi connectivity index (χ2n) is 7.13. The molecule has 0 radical (unpaired) electrons. The number of nitrogens with one attached hydrogen (secondary N) is 1. The molecule has 166 valence electrons. The number of piperazine rings is 1. The number of aromatic nitrogens is 4. The third-order valence-corrected chi connectivity index (χ3v) is 5.42. The van der Waals surface area contributed by atoms with Crippen LogP contribution in [0.5, 0.6) is 5.88 Å². The number of benzene rings is 1. The molecule has 3 aromatic rings. The number of anilines is 3. The van der Waals surface area contributed by atoms with Crippen molar-refractivity contribution in [3.63, 3.8) is 0 Å². The van der Waals surface area contributed by atoms with Crippen LogP contribution in [0.1, 0.15) is 23.0 Å². The summed E-state index contributed by atoms with van der Waals surface area (Å²) in [7, 11) is 0. The van der Waals surface area contributed by atoms with Crippen molar-refractivity contribution in [1.29, 1.82) is 0 Å². The molecule has 3 heterocycles. The minimum Gasteiger partial charge on any atom is -0.468 e. The predicted octanol–water partition coefficient (Wildman–Crippen LogP) is 2.05. The fourth-order valence-electron chi connectivity index (χ4n) is 3.24. The lowest BCUT2D eigenvalue weighted by atomic mass is 10.1. The number of ketones is 1. The zero-order valence-corrected chi connectivity index (χ0v) is 18.2. The van der Waals surface area contributed by atoms with Crippen molar-refractivity contribution < 1.29 is 14.3 Å². The van der Waals surface area contributed by atoms with E-state index in [1.54, 1.807) is 41.4 Å². The summed E-state index contributed by atoms with van der Waals surface area (Å²) < 4.78 is 14.4. The van der Waals surface area contributed by atoms with E-state index in [0.29, 0.717) is 54.8 Å². The van der Waals surface area contributed by atoms with Crippen molar-refractivity contribution in [3.8, 4) is 5.88 Å². The average Bonchev–Trinajstić information content (AvgIpc) is 3.27. The first-order valence-electron chi connectivity index (χ1n) is 9.94. The van der Waals surface area contributed by atoms with E-state index in [9.17, 15) is 9.59 Å². The highest BCUT2D eigenvalue weighted by Crippen LogP contribution is 2.27. The predicted molar refractivity (Wildman–Crippen MR) is 120 cm³/mol. The van der Waals surface area contributed by atoms with Crippen molar-refractivity contribution >= 4 is 41.0 Å². The van der Waals surface area contributed by atoms with Crippen LogP contribution in [0.3, 0.4) is 0 Å². The molecule has 0 spiro atoms. The van der Waals surface area contributed by atoms with Gasteiger partial charge in [-0.15, -0.1) is 4.37 Å². The van der Waals surface area contributed by atoms with Gasteiger partial charge in [-0.25, -0.2) is 14.8 Å². The van der Waals surface area contributed by atoms with Crippen LogP contribution in [0.15, 0.2) is 36.5 Å². The van der Waals surface area contributed by atoms with Gasteiger partial charge in [0.05, 0.1) is 17.4 Å². The summed E-state index contributed by atoms with van der Waals surface area (Å²) in [5.41, 5.74) is 7.39. The fraction of sp³-hybridized carbons (Fsp3) is 0.300. The Morgan fingerprint density at radius 2 is 2.00 bits per heavy atom. The smallest absolute Gasteiger partial charge is 0.321 e. The molecule has 1 aliphatic heterocycles. The maximum absolute atomic E-state index is 12.6. The van der Waals surface area contributed by atoms with Gasteiger partial charge in [0, 0.05) is 43.6 Å². The van der Waals surface area contributed by atoms with Crippen molar-refractivity contribution in [1.82, 2.24) is 23.6 Å². The minimum atomic E-state index is -0.209. The Morgan fingerprint density at radius 1 is 1.19 bits per heavy atom. The van der Waals surface area contributed by atoms with E-state index in [1.807, 2.05) is 4.90 Å². The number of Topliss-reactive ketones (excluding diaryl/α,β-unsaturated/α-hetero) is 1. The lowest BCUT2D eigenvalue weighted by Crippen LogP contribution is -2.50. The van der Waals surface area contributed by atoms with Crippen LogP contribution in [0, 0.1) is 0 Å². The molecule has 1 saturated heterocycles. The van der Waals surface area contributed by atoms with E-state index in [-0.39, 0.29) is 24.4 Å². The maximum atomic E-state index is 12.6. The molecule has 0 saturated carbocycles. The normalized spacial score (nSPS) is 13.7. The van der Waals surface area contributed by atoms with E-state index in [4.69, 9.17) is 10.5 Å². The van der Waals surface area contributed by atoms with Gasteiger partial charge < -0.3 is 25.6 Å². The number of amides is 2. The summed E-state index contributed by atoms with van der Waals surface area (Å²) in [6.45, 7) is 3.89. The molecular formula is C20H22N8O3S. The molecule has 2 aromatic heterocycles. The molecule has 1 aliphatic rings. The maximum Gasteiger partial charge on any atom is 0.321 e. The molecule has 4 rings (SSSR count). The molecule has 0 atom stereocenters. The van der Waals surface area contributed by atoms with Crippen LogP contribution in [-0.4, -0.2) is 61.6 Å². The van der Waals surface area contributed by atoms with Crippen molar-refractivity contribution in [2.75, 3.05) is 42.1 Å². The van der Waals surface area contributed by atoms with Gasteiger partial charge >= 0.3 is 6.03 Å². The standard InChI is InChI=1S/C20H22N8O3S/c1-13(29)14-3-2-4-15(11-14)24-20(30)28-9-7-27(8-10-28)17-18(26-32-25-17)31-12-16-5-6-22-19(21)23-16/h2-6,11H,7-10,12H2,1H3,(H,24,30)(H2,21,22,23). The minimum absolute atomic E-state index is 0.0483. The second kappa shape index (κ2) is 9.56. The number of nitrogens with zero attached hydrogens (tertiary/aromatic N) is 6. The number of nitrogen functional groups attached to an aromatic ring is 1. The molecular weight excluding hydrogens is 432 g/mol. The number of urea groups is 1. The third-order valence-electron chi connectivity index (χ3n) is 4.92. The fourth-order valence-corrected chi connectivity index (χ4v) is 3.76. The van der Waals surface area contributed by atoms with Gasteiger partial charge in [-0.05, 0) is 25.1 Å². The molecule has 0 aliphatic carbocycles. The molecule has 1 aromatic carbocycles. The molecule has 11 nitrogen and oxygen atoms in total. The van der Waals surface area contributed by atoms with E-state index in [2.05, 4.69) is 24.0 Å². The SMILES string of the molecule is CC(=O)c1cccc(NC(=O)N2CCN(c3nsnc3OCc3ccnc(N)n3)CC2)c1. The van der Waals surface area contributed by atoms with Gasteiger partial charge in [0.2, 0.25) is 11.8 Å². The number of hydrogen-bond donors (Lipinski definition) is 2. The quantitative estimate of drug-likeness (QED) is 0.536. The van der Waals surface area contributed by atoms with Gasteiger partial charge in [0.25, 0.3) is 5.88 Å². The monoisotopic (exact) mass is 454 g/mol. The van der Waals surface area contributed by atoms with Crippen LogP contribution in [0.25, 0.3) is 0 Å². The first kappa shape index (κ1) is 21.4. The molecule has 0 unspecified atom stereocenters. The van der Waals surface area contributed by atoms with Gasteiger partial charge in [0.1, 0.15) is 6.61 Å². The topological polar surface area (TPSA) is 139 Å². The lowest BCUT2D eigenvalue weighted by Gasteiger charge is -2.34. The number of nitrogens with two attached hydrogens (primary N) is 1. The van der Waals surface area contributed by atoms with E-state index >= 15 is 0 Å². The molecule has 32 heavy (non-hydrogen) atoms. The first-order valence-corrected chi connectivity index (χ1v) is 10.7. The van der Waals surface area contributed by atoms with Crippen molar-refractivity contribution in [3.05, 3.63) is 47.8 Å². The van der Waals surface area contributed by atoms with Crippen molar-refractivity contribution in [2.24, 2.45) is 0 Å². The van der Waals surface area contributed by atoms with Crippen LogP contribution in [0.4, 0.5) is 22.2 Å². The Bertz CT molecular complexity index is 1110. The summed E-state index contributed by atoms with van der Waals surface area (Å²) in [4.78, 5) is 35.9. The summed E-state index contributed by atoms with van der Waals surface area (Å²) in [5, 5.41) is 2.85. The zero-order chi connectivity index (χ0) is 22.5. The highest BCUT2D eigenvalue weighted by molar-refractivity contribution is 6.99. The molecule has 3 N–H and O–H groups in total.